The molecular weight excluding hydrogens is 324 g/mol. The molecule has 8 nitrogen and oxygen atoms in total. The van der Waals surface area contributed by atoms with Crippen molar-refractivity contribution in [2.75, 3.05) is 37.6 Å². The first kappa shape index (κ1) is 17.0. The van der Waals surface area contributed by atoms with Crippen molar-refractivity contribution in [3.8, 4) is 0 Å². The Kier molecular flexibility index (Phi) is 5.30. The third kappa shape index (κ3) is 4.57. The van der Waals surface area contributed by atoms with Crippen molar-refractivity contribution < 1.29 is 19.0 Å². The highest BCUT2D eigenvalue weighted by molar-refractivity contribution is 5.76. The molecule has 2 heterocycles. The van der Waals surface area contributed by atoms with Crippen LogP contribution in [0.1, 0.15) is 5.76 Å². The van der Waals surface area contributed by atoms with Crippen molar-refractivity contribution in [1.29, 1.82) is 0 Å². The number of amides is 1. The Hall–Kier alpha value is -2.87. The number of nitrogens with zero attached hydrogens (tertiary/aromatic N) is 2. The van der Waals surface area contributed by atoms with E-state index in [1.807, 2.05) is 6.07 Å². The molecule has 0 radical (unpaired) electrons. The van der Waals surface area contributed by atoms with E-state index in [4.69, 9.17) is 4.42 Å². The van der Waals surface area contributed by atoms with Crippen LogP contribution in [0.5, 0.6) is 0 Å². The predicted octanol–water partition coefficient (Wildman–Crippen LogP) is 0.209. The Balaban J connectivity index is 1.43. The van der Waals surface area contributed by atoms with E-state index in [-0.39, 0.29) is 11.6 Å². The summed E-state index contributed by atoms with van der Waals surface area (Å²) in [6.45, 7) is 4.19. The van der Waals surface area contributed by atoms with Crippen LogP contribution in [0, 0.1) is 10.1 Å². The van der Waals surface area contributed by atoms with Gasteiger partial charge in [-0.2, -0.15) is 0 Å². The van der Waals surface area contributed by atoms with E-state index in [9.17, 15) is 14.9 Å². The highest BCUT2D eigenvalue weighted by atomic mass is 16.6. The number of piperazine rings is 1. The highest BCUT2D eigenvalue weighted by Gasteiger charge is 2.22. The van der Waals surface area contributed by atoms with Crippen LogP contribution in [0.25, 0.3) is 0 Å². The summed E-state index contributed by atoms with van der Waals surface area (Å²) in [5.74, 6) is 0.751. The lowest BCUT2D eigenvalue weighted by Crippen LogP contribution is -3.15. The van der Waals surface area contributed by atoms with E-state index in [0.717, 1.165) is 37.6 Å². The predicted molar refractivity (Wildman–Crippen MR) is 91.4 cm³/mol. The molecule has 8 heteroatoms. The van der Waals surface area contributed by atoms with Gasteiger partial charge in [-0.1, -0.05) is 0 Å². The van der Waals surface area contributed by atoms with E-state index < -0.39 is 4.92 Å². The van der Waals surface area contributed by atoms with Gasteiger partial charge in [-0.3, -0.25) is 14.9 Å². The molecule has 1 aliphatic rings. The number of hydrogen-bond acceptors (Lipinski definition) is 5. The van der Waals surface area contributed by atoms with Gasteiger partial charge >= 0.3 is 0 Å². The van der Waals surface area contributed by atoms with Crippen molar-refractivity contribution >= 4 is 17.3 Å². The minimum atomic E-state index is -0.396. The van der Waals surface area contributed by atoms with E-state index in [2.05, 4.69) is 10.2 Å². The Morgan fingerprint density at radius 3 is 2.56 bits per heavy atom. The van der Waals surface area contributed by atoms with Crippen LogP contribution >= 0.6 is 0 Å². The Morgan fingerprint density at radius 2 is 1.96 bits per heavy atom. The number of furan rings is 1. The van der Waals surface area contributed by atoms with Gasteiger partial charge in [-0.15, -0.1) is 0 Å². The molecule has 1 aliphatic heterocycles. The van der Waals surface area contributed by atoms with E-state index in [1.54, 1.807) is 24.5 Å². The van der Waals surface area contributed by atoms with Gasteiger partial charge in [0, 0.05) is 17.8 Å². The fraction of sp³-hybridized carbons (Fsp3) is 0.353. The maximum absolute atomic E-state index is 12.0. The summed E-state index contributed by atoms with van der Waals surface area (Å²) in [6, 6.07) is 10.2. The molecule has 1 aromatic carbocycles. The zero-order chi connectivity index (χ0) is 17.6. The molecule has 0 saturated carbocycles. The number of nitrogens with one attached hydrogen (secondary N) is 2. The van der Waals surface area contributed by atoms with E-state index >= 15 is 0 Å². The van der Waals surface area contributed by atoms with E-state index in [1.165, 1.54) is 17.0 Å². The third-order valence-corrected chi connectivity index (χ3v) is 4.35. The first-order valence-corrected chi connectivity index (χ1v) is 8.24. The second-order valence-electron chi connectivity index (χ2n) is 6.04. The third-order valence-electron chi connectivity index (χ3n) is 4.35. The maximum atomic E-state index is 12.0. The molecule has 2 aromatic rings. The first-order chi connectivity index (χ1) is 12.1. The van der Waals surface area contributed by atoms with Crippen molar-refractivity contribution in [2.24, 2.45) is 0 Å². The molecular formula is C17H21N4O4+. The molecule has 1 saturated heterocycles. The van der Waals surface area contributed by atoms with E-state index in [0.29, 0.717) is 13.1 Å². The molecule has 0 bridgehead atoms. The average Bonchev–Trinajstić information content (AvgIpc) is 3.14. The number of carbonyl (C=O) groups is 1. The highest BCUT2D eigenvalue weighted by Crippen LogP contribution is 2.19. The van der Waals surface area contributed by atoms with Crippen molar-refractivity contribution in [1.82, 2.24) is 5.32 Å². The normalized spacial score (nSPS) is 15.1. The number of quaternary nitrogens is 1. The number of rotatable bonds is 6. The van der Waals surface area contributed by atoms with Gasteiger partial charge in [0.1, 0.15) is 5.76 Å². The Bertz CT molecular complexity index is 707. The Morgan fingerprint density at radius 1 is 1.24 bits per heavy atom. The molecule has 0 unspecified atom stereocenters. The number of benzene rings is 1. The number of nitro groups is 1. The number of hydrogen-bond donors (Lipinski definition) is 2. The zero-order valence-corrected chi connectivity index (χ0v) is 13.8. The summed E-state index contributed by atoms with van der Waals surface area (Å²) >= 11 is 0. The van der Waals surface area contributed by atoms with Gasteiger partial charge in [0.2, 0.25) is 0 Å². The van der Waals surface area contributed by atoms with Crippen LogP contribution in [0.15, 0.2) is 47.1 Å². The lowest BCUT2D eigenvalue weighted by atomic mass is 10.2. The fourth-order valence-corrected chi connectivity index (χ4v) is 2.93. The number of anilines is 1. The summed E-state index contributed by atoms with van der Waals surface area (Å²) in [7, 11) is 0. The lowest BCUT2D eigenvalue weighted by molar-refractivity contribution is -0.892. The molecule has 3 rings (SSSR count). The van der Waals surface area contributed by atoms with Crippen molar-refractivity contribution in [3.63, 3.8) is 0 Å². The van der Waals surface area contributed by atoms with Crippen LogP contribution in [0.4, 0.5) is 11.4 Å². The van der Waals surface area contributed by atoms with Gasteiger partial charge in [0.15, 0.2) is 6.54 Å². The monoisotopic (exact) mass is 345 g/mol. The smallest absolute Gasteiger partial charge is 0.275 e. The maximum Gasteiger partial charge on any atom is 0.275 e. The van der Waals surface area contributed by atoms with Crippen LogP contribution in [-0.2, 0) is 11.3 Å². The topological polar surface area (TPSA) is 93.1 Å². The second-order valence-corrected chi connectivity index (χ2v) is 6.04. The Labute approximate surface area is 145 Å². The molecule has 1 amide bonds. The minimum absolute atomic E-state index is 0.00943. The summed E-state index contributed by atoms with van der Waals surface area (Å²) in [5, 5.41) is 13.6. The standard InChI is InChI=1S/C17H20N4O4/c22-17(18-12-16-2-1-11-25-16)13-19-7-9-20(10-8-19)14-3-5-15(6-4-14)21(23)24/h1-6,11H,7-10,12-13H2,(H,18,22)/p+1. The molecule has 132 valence electrons. The number of non-ortho nitro benzene ring substituents is 1. The quantitative estimate of drug-likeness (QED) is 0.577. The fourth-order valence-electron chi connectivity index (χ4n) is 2.93. The summed E-state index contributed by atoms with van der Waals surface area (Å²) in [6.07, 6.45) is 1.59. The second kappa shape index (κ2) is 7.80. The SMILES string of the molecule is O=C(C[NH+]1CCN(c2ccc([N+](=O)[O-])cc2)CC1)NCc1ccco1. The van der Waals surface area contributed by atoms with Gasteiger partial charge in [-0.05, 0) is 24.3 Å². The molecule has 0 aliphatic carbocycles. The summed E-state index contributed by atoms with van der Waals surface area (Å²) in [4.78, 5) is 25.7. The van der Waals surface area contributed by atoms with Crippen LogP contribution in [-0.4, -0.2) is 43.6 Å². The van der Waals surface area contributed by atoms with Gasteiger partial charge in [0.05, 0.1) is 43.9 Å². The van der Waals surface area contributed by atoms with Crippen LogP contribution < -0.4 is 15.1 Å². The minimum Gasteiger partial charge on any atom is -0.467 e. The van der Waals surface area contributed by atoms with Gasteiger partial charge < -0.3 is 19.5 Å². The van der Waals surface area contributed by atoms with Gasteiger partial charge in [0.25, 0.3) is 11.6 Å². The molecule has 1 fully saturated rings. The van der Waals surface area contributed by atoms with Crippen molar-refractivity contribution in [3.05, 3.63) is 58.5 Å². The summed E-state index contributed by atoms with van der Waals surface area (Å²) in [5.41, 5.74) is 1.08. The average molecular weight is 345 g/mol. The molecule has 25 heavy (non-hydrogen) atoms. The first-order valence-electron chi connectivity index (χ1n) is 8.24. The molecule has 0 spiro atoms. The lowest BCUT2D eigenvalue weighted by Gasteiger charge is -2.33. The van der Waals surface area contributed by atoms with Crippen LogP contribution in [0.3, 0.4) is 0 Å². The number of carbonyl (C=O) groups excluding carboxylic acids is 1. The zero-order valence-electron chi connectivity index (χ0n) is 13.8. The van der Waals surface area contributed by atoms with Crippen LogP contribution in [0.2, 0.25) is 0 Å². The molecule has 0 atom stereocenters. The molecule has 2 N–H and O–H groups in total. The number of nitro benzene ring substituents is 1. The summed E-state index contributed by atoms with van der Waals surface area (Å²) < 4.78 is 5.19. The van der Waals surface area contributed by atoms with Gasteiger partial charge in [-0.25, -0.2) is 0 Å². The molecule has 1 aromatic heterocycles. The van der Waals surface area contributed by atoms with Crippen molar-refractivity contribution in [2.45, 2.75) is 6.54 Å². The largest absolute Gasteiger partial charge is 0.467 e.